The van der Waals surface area contributed by atoms with Crippen LogP contribution in [0.1, 0.15) is 61.1 Å². The molecule has 7 heteroatoms. The third-order valence-electron chi connectivity index (χ3n) is 6.59. The molecule has 1 aliphatic carbocycles. The molecule has 2 aliphatic rings. The topological polar surface area (TPSA) is 105 Å². The lowest BCUT2D eigenvalue weighted by molar-refractivity contribution is -0.117. The fraction of sp³-hybridized carbons (Fsp3) is 0.423. The van der Waals surface area contributed by atoms with Gasteiger partial charge in [0.05, 0.1) is 23.8 Å². The number of aliphatic hydroxyl groups excluding tert-OH is 1. The van der Waals surface area contributed by atoms with Crippen molar-refractivity contribution in [3.05, 3.63) is 59.2 Å². The number of amides is 2. The van der Waals surface area contributed by atoms with Crippen LogP contribution in [-0.2, 0) is 4.79 Å². The van der Waals surface area contributed by atoms with Crippen LogP contribution in [0.3, 0.4) is 0 Å². The Hall–Kier alpha value is -3.37. The monoisotopic (exact) mass is 446 g/mol. The summed E-state index contributed by atoms with van der Waals surface area (Å²) in [6.45, 7) is 5.55. The third kappa shape index (κ3) is 4.71. The third-order valence-corrected chi connectivity index (χ3v) is 6.59. The number of nitriles is 1. The summed E-state index contributed by atoms with van der Waals surface area (Å²) in [5.41, 5.74) is 3.68. The molecule has 2 amide bonds. The van der Waals surface area contributed by atoms with Crippen LogP contribution in [-0.4, -0.2) is 35.6 Å². The molecule has 172 valence electrons. The smallest absolute Gasteiger partial charge is 0.251 e. The lowest BCUT2D eigenvalue weighted by atomic mass is 9.79. The first kappa shape index (κ1) is 22.8. The largest absolute Gasteiger partial charge is 0.392 e. The Morgan fingerprint density at radius 2 is 1.91 bits per heavy atom. The molecule has 33 heavy (non-hydrogen) atoms. The van der Waals surface area contributed by atoms with Gasteiger partial charge in [-0.2, -0.15) is 5.26 Å². The molecule has 0 spiro atoms. The number of aliphatic hydroxyl groups is 1. The normalized spacial score (nSPS) is 22.6. The average molecular weight is 447 g/mol. The predicted octanol–water partition coefficient (Wildman–Crippen LogP) is 3.60. The molecule has 4 atom stereocenters. The maximum Gasteiger partial charge on any atom is 0.251 e. The van der Waals surface area contributed by atoms with Crippen molar-refractivity contribution in [2.45, 2.75) is 51.8 Å². The van der Waals surface area contributed by atoms with Crippen molar-refractivity contribution in [1.82, 2.24) is 5.32 Å². The van der Waals surface area contributed by atoms with Crippen LogP contribution in [0.25, 0.3) is 0 Å². The van der Waals surface area contributed by atoms with Gasteiger partial charge in [0.2, 0.25) is 5.91 Å². The van der Waals surface area contributed by atoms with E-state index in [9.17, 15) is 14.7 Å². The highest BCUT2D eigenvalue weighted by molar-refractivity contribution is 5.98. The minimum absolute atomic E-state index is 0.00290. The molecule has 2 aromatic carbocycles. The van der Waals surface area contributed by atoms with E-state index in [1.807, 2.05) is 29.2 Å². The van der Waals surface area contributed by atoms with E-state index in [1.54, 1.807) is 32.0 Å². The molecule has 0 saturated heterocycles. The van der Waals surface area contributed by atoms with E-state index in [0.717, 1.165) is 29.8 Å². The second kappa shape index (κ2) is 9.24. The SMILES string of the molecule is CC(=O)N1c2ccc(C(=O)NCC(C)O)cc2C(Nc2ccc(C#N)cc2)C(C)C1C1CC1. The Morgan fingerprint density at radius 3 is 2.48 bits per heavy atom. The fourth-order valence-electron chi connectivity index (χ4n) is 4.87. The van der Waals surface area contributed by atoms with Gasteiger partial charge in [0.25, 0.3) is 5.91 Å². The summed E-state index contributed by atoms with van der Waals surface area (Å²) >= 11 is 0. The van der Waals surface area contributed by atoms with Crippen molar-refractivity contribution in [2.24, 2.45) is 11.8 Å². The molecule has 4 rings (SSSR count). The Balaban J connectivity index is 1.75. The summed E-state index contributed by atoms with van der Waals surface area (Å²) in [5, 5.41) is 25.0. The van der Waals surface area contributed by atoms with E-state index in [1.165, 1.54) is 0 Å². The van der Waals surface area contributed by atoms with Crippen LogP contribution in [0, 0.1) is 23.2 Å². The first-order valence-electron chi connectivity index (χ1n) is 11.5. The molecule has 0 bridgehead atoms. The number of benzene rings is 2. The van der Waals surface area contributed by atoms with Crippen molar-refractivity contribution in [3.63, 3.8) is 0 Å². The van der Waals surface area contributed by atoms with Crippen molar-refractivity contribution >= 4 is 23.2 Å². The fourth-order valence-corrected chi connectivity index (χ4v) is 4.87. The van der Waals surface area contributed by atoms with Crippen molar-refractivity contribution in [1.29, 1.82) is 5.26 Å². The molecule has 1 saturated carbocycles. The highest BCUT2D eigenvalue weighted by atomic mass is 16.3. The molecule has 2 aromatic rings. The molecule has 7 nitrogen and oxygen atoms in total. The van der Waals surface area contributed by atoms with Crippen molar-refractivity contribution in [2.75, 3.05) is 16.8 Å². The molecule has 1 aliphatic heterocycles. The van der Waals surface area contributed by atoms with Crippen molar-refractivity contribution < 1.29 is 14.7 Å². The molecular formula is C26H30N4O3. The Kier molecular flexibility index (Phi) is 6.39. The van der Waals surface area contributed by atoms with Crippen LogP contribution in [0.2, 0.25) is 0 Å². The zero-order chi connectivity index (χ0) is 23.7. The van der Waals surface area contributed by atoms with Gasteiger partial charge in [-0.15, -0.1) is 0 Å². The van der Waals surface area contributed by atoms with Gasteiger partial charge in [-0.3, -0.25) is 9.59 Å². The van der Waals surface area contributed by atoms with E-state index in [0.29, 0.717) is 17.0 Å². The first-order chi connectivity index (χ1) is 15.8. The van der Waals surface area contributed by atoms with Crippen LogP contribution < -0.4 is 15.5 Å². The summed E-state index contributed by atoms with van der Waals surface area (Å²) in [4.78, 5) is 27.4. The van der Waals surface area contributed by atoms with E-state index in [-0.39, 0.29) is 36.4 Å². The van der Waals surface area contributed by atoms with E-state index in [4.69, 9.17) is 5.26 Å². The number of rotatable bonds is 6. The van der Waals surface area contributed by atoms with Gasteiger partial charge < -0.3 is 20.6 Å². The number of carbonyl (C=O) groups is 2. The first-order valence-corrected chi connectivity index (χ1v) is 11.5. The van der Waals surface area contributed by atoms with Crippen LogP contribution >= 0.6 is 0 Å². The minimum atomic E-state index is -0.634. The predicted molar refractivity (Wildman–Crippen MR) is 127 cm³/mol. The van der Waals surface area contributed by atoms with E-state index in [2.05, 4.69) is 23.6 Å². The second-order valence-corrected chi connectivity index (χ2v) is 9.22. The zero-order valence-electron chi connectivity index (χ0n) is 19.2. The number of anilines is 2. The highest BCUT2D eigenvalue weighted by Gasteiger charge is 2.47. The van der Waals surface area contributed by atoms with Crippen LogP contribution in [0.4, 0.5) is 11.4 Å². The lowest BCUT2D eigenvalue weighted by Crippen LogP contribution is -2.51. The van der Waals surface area contributed by atoms with Gasteiger partial charge in [0, 0.05) is 42.4 Å². The van der Waals surface area contributed by atoms with E-state index >= 15 is 0 Å². The Labute approximate surface area is 194 Å². The average Bonchev–Trinajstić information content (AvgIpc) is 3.63. The molecule has 3 N–H and O–H groups in total. The number of nitrogens with zero attached hydrogens (tertiary/aromatic N) is 2. The minimum Gasteiger partial charge on any atom is -0.392 e. The Bertz CT molecular complexity index is 1090. The molecule has 1 fully saturated rings. The number of fused-ring (bicyclic) bond motifs is 1. The summed E-state index contributed by atoms with van der Waals surface area (Å²) in [5.74, 6) is 0.321. The summed E-state index contributed by atoms with van der Waals surface area (Å²) < 4.78 is 0. The maximum atomic E-state index is 12.7. The van der Waals surface area contributed by atoms with Gasteiger partial charge in [-0.1, -0.05) is 6.92 Å². The van der Waals surface area contributed by atoms with Crippen molar-refractivity contribution in [3.8, 4) is 6.07 Å². The molecule has 4 unspecified atom stereocenters. The van der Waals surface area contributed by atoms with E-state index < -0.39 is 6.10 Å². The second-order valence-electron chi connectivity index (χ2n) is 9.22. The highest BCUT2D eigenvalue weighted by Crippen LogP contribution is 2.50. The molecule has 1 heterocycles. The van der Waals surface area contributed by atoms with Crippen LogP contribution in [0.15, 0.2) is 42.5 Å². The number of carbonyl (C=O) groups excluding carboxylic acids is 2. The van der Waals surface area contributed by atoms with Gasteiger partial charge in [0.1, 0.15) is 0 Å². The van der Waals surface area contributed by atoms with Gasteiger partial charge >= 0.3 is 0 Å². The molecule has 0 aromatic heterocycles. The van der Waals surface area contributed by atoms with Crippen LogP contribution in [0.5, 0.6) is 0 Å². The summed E-state index contributed by atoms with van der Waals surface area (Å²) in [7, 11) is 0. The number of nitrogens with one attached hydrogen (secondary N) is 2. The molecular weight excluding hydrogens is 416 g/mol. The summed E-state index contributed by atoms with van der Waals surface area (Å²) in [6.07, 6.45) is 1.58. The molecule has 0 radical (unpaired) electrons. The number of hydrogen-bond donors (Lipinski definition) is 3. The zero-order valence-corrected chi connectivity index (χ0v) is 19.2. The number of hydrogen-bond acceptors (Lipinski definition) is 5. The van der Waals surface area contributed by atoms with Gasteiger partial charge in [-0.05, 0) is 73.7 Å². The maximum absolute atomic E-state index is 12.7. The summed E-state index contributed by atoms with van der Waals surface area (Å²) in [6, 6.07) is 14.9. The standard InChI is InChI=1S/C26H30N4O3/c1-15(31)14-28-26(33)20-8-11-23-22(12-20)24(29-21-9-4-18(13-27)5-10-21)16(2)25(19-6-7-19)30(23)17(3)32/h4-5,8-12,15-16,19,24-25,29,31H,6-7,14H2,1-3H3,(H,28,33). The Morgan fingerprint density at radius 1 is 1.21 bits per heavy atom. The van der Waals surface area contributed by atoms with Gasteiger partial charge in [0.15, 0.2) is 0 Å². The lowest BCUT2D eigenvalue weighted by Gasteiger charge is -2.46. The quantitative estimate of drug-likeness (QED) is 0.629. The van der Waals surface area contributed by atoms with Gasteiger partial charge in [-0.25, -0.2) is 0 Å².